The van der Waals surface area contributed by atoms with Crippen LogP contribution in [-0.4, -0.2) is 63.7 Å². The molecule has 0 unspecified atom stereocenters. The smallest absolute Gasteiger partial charge is 0.265 e. The molecule has 0 bridgehead atoms. The maximum atomic E-state index is 15.1. The number of amidine groups is 1. The van der Waals surface area contributed by atoms with Crippen molar-refractivity contribution in [1.82, 2.24) is 19.2 Å². The second-order valence-electron chi connectivity index (χ2n) is 12.0. The molecule has 1 saturated carbocycles. The number of piperidine rings is 1. The van der Waals surface area contributed by atoms with E-state index in [1.54, 1.807) is 109 Å². The van der Waals surface area contributed by atoms with E-state index in [1.807, 2.05) is 6.92 Å². The van der Waals surface area contributed by atoms with E-state index in [-0.39, 0.29) is 41.4 Å². The zero-order valence-corrected chi connectivity index (χ0v) is 25.8. The fraction of sp³-hybridized carbons (Fsp3) is 0.257. The molecular weight excluding hydrogens is 600 g/mol. The lowest BCUT2D eigenvalue weighted by Crippen LogP contribution is -2.49. The van der Waals surface area contributed by atoms with Gasteiger partial charge in [0.15, 0.2) is 11.3 Å². The van der Waals surface area contributed by atoms with Crippen LogP contribution in [-0.2, 0) is 20.4 Å². The van der Waals surface area contributed by atoms with Crippen LogP contribution in [0.4, 0.5) is 0 Å². The van der Waals surface area contributed by atoms with E-state index in [9.17, 15) is 18.5 Å². The fourth-order valence-electron chi connectivity index (χ4n) is 7.26. The molecule has 0 spiro atoms. The summed E-state index contributed by atoms with van der Waals surface area (Å²) >= 11 is 0. The van der Waals surface area contributed by atoms with Crippen LogP contribution in [0, 0.1) is 23.2 Å². The molecule has 3 aliphatic rings. The van der Waals surface area contributed by atoms with E-state index in [0.29, 0.717) is 41.1 Å². The predicted molar refractivity (Wildman–Crippen MR) is 169 cm³/mol. The highest BCUT2D eigenvalue weighted by Gasteiger charge is 2.71. The number of carbonyl (C=O) groups excluding carboxylic acids is 2. The number of Topliss-reactive ketones (excluding diaryl/α,β-unsaturated/α-hetero) is 1. The van der Waals surface area contributed by atoms with Crippen molar-refractivity contribution in [3.63, 3.8) is 0 Å². The summed E-state index contributed by atoms with van der Waals surface area (Å²) in [5.41, 5.74) is -0.223. The number of ketones is 1. The highest BCUT2D eigenvalue weighted by molar-refractivity contribution is 7.89. The first-order valence-corrected chi connectivity index (χ1v) is 16.5. The molecule has 1 aliphatic carbocycles. The lowest BCUT2D eigenvalue weighted by Gasteiger charge is -2.32. The molecule has 11 heteroatoms. The van der Waals surface area contributed by atoms with Gasteiger partial charge in [0.2, 0.25) is 10.0 Å². The van der Waals surface area contributed by atoms with Gasteiger partial charge in [-0.05, 0) is 78.9 Å². The minimum Gasteiger partial charge on any atom is -0.294 e. The molecule has 230 valence electrons. The standard InChI is InChI=1S/C35H30N6O4S/c1-34(29-15-20-40(23-30(29)34)46(44,45)28-5-3-2-4-6-28)41-32(21-31(42)25-9-7-24(22-36)8-10-25)39-35(33(41)43,26-11-16-37-17-12-26)27-13-18-38-19-14-27/h2-14,16-19,29-30H,15,20-21,23H2,1H3/t29-,30+,34-/m1/s1. The van der Waals surface area contributed by atoms with Gasteiger partial charge in [0.1, 0.15) is 5.84 Å². The normalized spacial score (nSPS) is 23.7. The molecule has 2 fully saturated rings. The summed E-state index contributed by atoms with van der Waals surface area (Å²) in [5.74, 6) is -0.379. The number of pyridine rings is 2. The zero-order valence-electron chi connectivity index (χ0n) is 25.0. The first-order valence-electron chi connectivity index (χ1n) is 15.0. The number of fused-ring (bicyclic) bond motifs is 1. The SMILES string of the molecule is C[C@@]1(N2C(=O)C(c3ccncc3)(c3ccncc3)N=C2CC(=O)c2ccc(C#N)cc2)[C@@H]2CCN(S(=O)(=O)c3ccccc3)C[C@@H]21. The van der Waals surface area contributed by atoms with Crippen LogP contribution in [0.2, 0.25) is 0 Å². The van der Waals surface area contributed by atoms with E-state index in [2.05, 4.69) is 16.0 Å². The monoisotopic (exact) mass is 630 g/mol. The summed E-state index contributed by atoms with van der Waals surface area (Å²) < 4.78 is 28.7. The quantitative estimate of drug-likeness (QED) is 0.266. The number of sulfonamides is 1. The maximum absolute atomic E-state index is 15.1. The second kappa shape index (κ2) is 11.1. The number of benzene rings is 2. The Bertz CT molecular complexity index is 1960. The van der Waals surface area contributed by atoms with Crippen molar-refractivity contribution in [3.05, 3.63) is 126 Å². The molecule has 0 radical (unpaired) electrons. The van der Waals surface area contributed by atoms with Gasteiger partial charge in [-0.25, -0.2) is 13.4 Å². The highest BCUT2D eigenvalue weighted by Crippen LogP contribution is 2.61. The van der Waals surface area contributed by atoms with Crippen molar-refractivity contribution >= 4 is 27.5 Å². The summed E-state index contributed by atoms with van der Waals surface area (Å²) in [7, 11) is -3.73. The number of carbonyl (C=O) groups is 2. The maximum Gasteiger partial charge on any atom is 0.265 e. The highest BCUT2D eigenvalue weighted by atomic mass is 32.2. The number of rotatable bonds is 8. The third-order valence-electron chi connectivity index (χ3n) is 9.75. The number of nitrogens with zero attached hydrogens (tertiary/aromatic N) is 6. The minimum atomic E-state index is -3.73. The minimum absolute atomic E-state index is 0.0135. The Balaban J connectivity index is 1.30. The Hall–Kier alpha value is -5.05. The molecule has 2 aromatic heterocycles. The molecule has 3 atom stereocenters. The fourth-order valence-corrected chi connectivity index (χ4v) is 8.76. The third-order valence-corrected chi connectivity index (χ3v) is 11.6. The number of hydrogen-bond acceptors (Lipinski definition) is 8. The van der Waals surface area contributed by atoms with Crippen LogP contribution in [0.5, 0.6) is 0 Å². The van der Waals surface area contributed by atoms with Crippen molar-refractivity contribution < 1.29 is 18.0 Å². The zero-order chi connectivity index (χ0) is 32.1. The number of hydrogen-bond donors (Lipinski definition) is 0. The Morgan fingerprint density at radius 1 is 0.913 bits per heavy atom. The van der Waals surface area contributed by atoms with Crippen molar-refractivity contribution in [3.8, 4) is 6.07 Å². The van der Waals surface area contributed by atoms with Crippen LogP contribution >= 0.6 is 0 Å². The van der Waals surface area contributed by atoms with Gasteiger partial charge >= 0.3 is 0 Å². The van der Waals surface area contributed by atoms with Crippen LogP contribution < -0.4 is 0 Å². The first kappa shape index (κ1) is 29.6. The second-order valence-corrected chi connectivity index (χ2v) is 14.0. The van der Waals surface area contributed by atoms with Gasteiger partial charge < -0.3 is 0 Å². The molecular formula is C35H30N6O4S. The Morgan fingerprint density at radius 3 is 2.11 bits per heavy atom. The Kier molecular flexibility index (Phi) is 7.14. The average Bonchev–Trinajstić information content (AvgIpc) is 3.58. The number of nitriles is 1. The van der Waals surface area contributed by atoms with Gasteiger partial charge in [-0.1, -0.05) is 30.3 Å². The van der Waals surface area contributed by atoms with Crippen LogP contribution in [0.1, 0.15) is 46.8 Å². The van der Waals surface area contributed by atoms with Gasteiger partial charge in [0.05, 0.1) is 28.5 Å². The lowest BCUT2D eigenvalue weighted by molar-refractivity contribution is -0.132. The molecule has 2 aromatic carbocycles. The van der Waals surface area contributed by atoms with E-state index < -0.39 is 21.1 Å². The topological polar surface area (TPSA) is 137 Å². The lowest BCUT2D eigenvalue weighted by atomic mass is 9.83. The summed E-state index contributed by atoms with van der Waals surface area (Å²) in [6, 6.07) is 23.8. The average molecular weight is 631 g/mol. The van der Waals surface area contributed by atoms with Crippen molar-refractivity contribution in [2.75, 3.05) is 13.1 Å². The molecule has 7 rings (SSSR count). The van der Waals surface area contributed by atoms with Crippen LogP contribution in [0.25, 0.3) is 0 Å². The van der Waals surface area contributed by atoms with E-state index >= 15 is 4.79 Å². The molecule has 4 heterocycles. The van der Waals surface area contributed by atoms with Gasteiger partial charge in [-0.15, -0.1) is 0 Å². The van der Waals surface area contributed by atoms with Crippen LogP contribution in [0.3, 0.4) is 0 Å². The van der Waals surface area contributed by atoms with Gasteiger partial charge in [-0.3, -0.25) is 24.5 Å². The van der Waals surface area contributed by atoms with Crippen molar-refractivity contribution in [2.24, 2.45) is 16.8 Å². The summed E-state index contributed by atoms with van der Waals surface area (Å²) in [4.78, 5) is 44.2. The predicted octanol–water partition coefficient (Wildman–Crippen LogP) is 4.20. The number of aromatic nitrogens is 2. The molecule has 2 aliphatic heterocycles. The Labute approximate surface area is 267 Å². The molecule has 1 amide bonds. The van der Waals surface area contributed by atoms with Gasteiger partial charge in [0.25, 0.3) is 5.91 Å². The molecule has 0 N–H and O–H groups in total. The number of amides is 1. The van der Waals surface area contributed by atoms with E-state index in [1.165, 1.54) is 4.31 Å². The molecule has 4 aromatic rings. The van der Waals surface area contributed by atoms with Crippen LogP contribution in [0.15, 0.2) is 114 Å². The number of aliphatic imine (C=N–C) groups is 1. The van der Waals surface area contributed by atoms with E-state index in [4.69, 9.17) is 4.99 Å². The van der Waals surface area contributed by atoms with Crippen molar-refractivity contribution in [2.45, 2.75) is 35.7 Å². The summed E-state index contributed by atoms with van der Waals surface area (Å²) in [6.07, 6.45) is 6.83. The van der Waals surface area contributed by atoms with Gasteiger partial charge in [0, 0.05) is 49.4 Å². The molecule has 1 saturated heterocycles. The van der Waals surface area contributed by atoms with E-state index in [0.717, 1.165) is 0 Å². The molecule has 46 heavy (non-hydrogen) atoms. The first-order chi connectivity index (χ1) is 22.2. The summed E-state index contributed by atoms with van der Waals surface area (Å²) in [6.45, 7) is 2.55. The third kappa shape index (κ3) is 4.56. The largest absolute Gasteiger partial charge is 0.294 e. The van der Waals surface area contributed by atoms with Crippen molar-refractivity contribution in [1.29, 1.82) is 5.26 Å². The van der Waals surface area contributed by atoms with Gasteiger partial charge in [-0.2, -0.15) is 9.57 Å². The summed E-state index contributed by atoms with van der Waals surface area (Å²) in [5, 5.41) is 9.22. The Morgan fingerprint density at radius 2 is 1.52 bits per heavy atom. The molecule has 10 nitrogen and oxygen atoms in total.